The van der Waals surface area contributed by atoms with Crippen molar-refractivity contribution in [2.75, 3.05) is 50.9 Å². The molecule has 2 aromatic rings. The Balaban J connectivity index is 1.98. The highest BCUT2D eigenvalue weighted by Gasteiger charge is 2.28. The van der Waals surface area contributed by atoms with Gasteiger partial charge in [0.2, 0.25) is 0 Å². The highest BCUT2D eigenvalue weighted by Crippen LogP contribution is 2.24. The zero-order valence-electron chi connectivity index (χ0n) is 18.3. The molecule has 0 aromatic carbocycles. The number of carbonyl (C=O) groups is 2. The van der Waals surface area contributed by atoms with E-state index < -0.39 is 17.7 Å². The molecular weight excluding hydrogens is 426 g/mol. The SMILES string of the molecule is CCOC(=O)c1cnn2c(N(CCN3CCOCC3)C(=O)OC(C)(C)C)cc(Cl)nc12. The Morgan fingerprint density at radius 3 is 2.65 bits per heavy atom. The number of carbonyl (C=O) groups excluding carboxylic acids is 2. The Morgan fingerprint density at radius 1 is 1.29 bits per heavy atom. The maximum absolute atomic E-state index is 13.1. The van der Waals surface area contributed by atoms with Crippen molar-refractivity contribution >= 4 is 35.1 Å². The number of anilines is 1. The molecule has 10 nitrogen and oxygen atoms in total. The van der Waals surface area contributed by atoms with Crippen LogP contribution in [0.5, 0.6) is 0 Å². The summed E-state index contributed by atoms with van der Waals surface area (Å²) in [6.07, 6.45) is 0.813. The molecule has 0 atom stereocenters. The summed E-state index contributed by atoms with van der Waals surface area (Å²) in [7, 11) is 0. The fourth-order valence-electron chi connectivity index (χ4n) is 3.15. The second kappa shape index (κ2) is 9.80. The van der Waals surface area contributed by atoms with Gasteiger partial charge in [0.05, 0.1) is 26.0 Å². The van der Waals surface area contributed by atoms with Crippen LogP contribution in [0.2, 0.25) is 5.15 Å². The molecule has 1 amide bonds. The van der Waals surface area contributed by atoms with Gasteiger partial charge in [0, 0.05) is 32.2 Å². The van der Waals surface area contributed by atoms with Gasteiger partial charge in [-0.05, 0) is 27.7 Å². The van der Waals surface area contributed by atoms with E-state index in [1.54, 1.807) is 27.7 Å². The number of ether oxygens (including phenoxy) is 3. The second-order valence-electron chi connectivity index (χ2n) is 8.04. The van der Waals surface area contributed by atoms with Crippen LogP contribution in [-0.2, 0) is 14.2 Å². The summed E-state index contributed by atoms with van der Waals surface area (Å²) >= 11 is 6.26. The first-order chi connectivity index (χ1) is 14.7. The molecule has 0 bridgehead atoms. The largest absolute Gasteiger partial charge is 0.462 e. The molecule has 170 valence electrons. The Bertz CT molecular complexity index is 936. The van der Waals surface area contributed by atoms with Crippen LogP contribution >= 0.6 is 11.6 Å². The highest BCUT2D eigenvalue weighted by molar-refractivity contribution is 6.30. The van der Waals surface area contributed by atoms with Gasteiger partial charge in [-0.1, -0.05) is 11.6 Å². The van der Waals surface area contributed by atoms with E-state index in [1.165, 1.54) is 21.7 Å². The van der Waals surface area contributed by atoms with Crippen LogP contribution in [-0.4, -0.2) is 83.2 Å². The Labute approximate surface area is 186 Å². The Kier molecular flexibility index (Phi) is 7.34. The molecule has 2 aromatic heterocycles. The van der Waals surface area contributed by atoms with E-state index in [-0.39, 0.29) is 23.0 Å². The van der Waals surface area contributed by atoms with E-state index in [1.807, 2.05) is 0 Å². The molecule has 0 saturated carbocycles. The standard InChI is InChI=1S/C20H28ClN5O5/c1-5-30-18(27)14-13-22-26-16(12-15(21)23-17(14)26)25(19(28)31-20(2,3)4)7-6-24-8-10-29-11-9-24/h12-13H,5-11H2,1-4H3. The zero-order chi connectivity index (χ0) is 22.6. The molecule has 1 aliphatic heterocycles. The van der Waals surface area contributed by atoms with E-state index in [9.17, 15) is 9.59 Å². The molecular formula is C20H28ClN5O5. The number of hydrogen-bond acceptors (Lipinski definition) is 8. The lowest BCUT2D eigenvalue weighted by Gasteiger charge is -2.31. The van der Waals surface area contributed by atoms with Gasteiger partial charge in [0.1, 0.15) is 22.1 Å². The highest BCUT2D eigenvalue weighted by atomic mass is 35.5. The maximum Gasteiger partial charge on any atom is 0.416 e. The third-order valence-corrected chi connectivity index (χ3v) is 4.74. The van der Waals surface area contributed by atoms with Gasteiger partial charge in [-0.3, -0.25) is 9.80 Å². The first kappa shape index (κ1) is 23.2. The number of rotatable bonds is 6. The topological polar surface area (TPSA) is 98.5 Å². The summed E-state index contributed by atoms with van der Waals surface area (Å²) in [5, 5.41) is 4.39. The lowest BCUT2D eigenvalue weighted by atomic mass is 10.2. The average Bonchev–Trinajstić information content (AvgIpc) is 3.11. The molecule has 1 aliphatic rings. The van der Waals surface area contributed by atoms with Crippen molar-refractivity contribution in [2.24, 2.45) is 0 Å². The molecule has 0 unspecified atom stereocenters. The third kappa shape index (κ3) is 5.84. The Hall–Kier alpha value is -2.43. The Morgan fingerprint density at radius 2 is 2.00 bits per heavy atom. The van der Waals surface area contributed by atoms with Crippen molar-refractivity contribution in [3.63, 3.8) is 0 Å². The van der Waals surface area contributed by atoms with E-state index in [0.29, 0.717) is 32.1 Å². The summed E-state index contributed by atoms with van der Waals surface area (Å²) in [5.74, 6) is -0.205. The van der Waals surface area contributed by atoms with Crippen molar-refractivity contribution in [1.29, 1.82) is 0 Å². The van der Waals surface area contributed by atoms with Crippen LogP contribution in [0.4, 0.5) is 10.6 Å². The number of hydrogen-bond donors (Lipinski definition) is 0. The van der Waals surface area contributed by atoms with Gasteiger partial charge in [0.25, 0.3) is 0 Å². The number of amides is 1. The lowest BCUT2D eigenvalue weighted by molar-refractivity contribution is 0.0374. The van der Waals surface area contributed by atoms with E-state index in [0.717, 1.165) is 13.1 Å². The third-order valence-electron chi connectivity index (χ3n) is 4.55. The van der Waals surface area contributed by atoms with Crippen LogP contribution in [0.15, 0.2) is 12.3 Å². The van der Waals surface area contributed by atoms with Gasteiger partial charge in [-0.15, -0.1) is 0 Å². The first-order valence-electron chi connectivity index (χ1n) is 10.2. The number of fused-ring (bicyclic) bond motifs is 1. The molecule has 0 radical (unpaired) electrons. The van der Waals surface area contributed by atoms with Crippen molar-refractivity contribution in [1.82, 2.24) is 19.5 Å². The van der Waals surface area contributed by atoms with E-state index in [2.05, 4.69) is 15.0 Å². The summed E-state index contributed by atoms with van der Waals surface area (Å²) in [4.78, 5) is 33.3. The second-order valence-corrected chi connectivity index (χ2v) is 8.42. The van der Waals surface area contributed by atoms with Gasteiger partial charge >= 0.3 is 12.1 Å². The minimum Gasteiger partial charge on any atom is -0.462 e. The quantitative estimate of drug-likeness (QED) is 0.486. The maximum atomic E-state index is 13.1. The van der Waals surface area contributed by atoms with Crippen LogP contribution in [0, 0.1) is 0 Å². The molecule has 1 fully saturated rings. The first-order valence-corrected chi connectivity index (χ1v) is 10.6. The monoisotopic (exact) mass is 453 g/mol. The molecule has 3 heterocycles. The summed E-state index contributed by atoms with van der Waals surface area (Å²) < 4.78 is 17.5. The fraction of sp³-hybridized carbons (Fsp3) is 0.600. The number of halogens is 1. The van der Waals surface area contributed by atoms with Crippen LogP contribution in [0.25, 0.3) is 5.65 Å². The average molecular weight is 454 g/mol. The summed E-state index contributed by atoms with van der Waals surface area (Å²) in [5.41, 5.74) is -0.312. The zero-order valence-corrected chi connectivity index (χ0v) is 19.0. The minimum atomic E-state index is -0.690. The fourth-order valence-corrected chi connectivity index (χ4v) is 3.32. The normalized spacial score (nSPS) is 15.1. The number of morpholine rings is 1. The van der Waals surface area contributed by atoms with Gasteiger partial charge < -0.3 is 14.2 Å². The summed E-state index contributed by atoms with van der Waals surface area (Å²) in [6, 6.07) is 1.53. The number of nitrogens with zero attached hydrogens (tertiary/aromatic N) is 5. The molecule has 0 aliphatic carbocycles. The molecule has 0 spiro atoms. The predicted molar refractivity (Wildman–Crippen MR) is 115 cm³/mol. The molecule has 3 rings (SSSR count). The lowest BCUT2D eigenvalue weighted by Crippen LogP contribution is -2.45. The van der Waals surface area contributed by atoms with E-state index in [4.69, 9.17) is 25.8 Å². The summed E-state index contributed by atoms with van der Waals surface area (Å²) in [6.45, 7) is 11.1. The number of aromatic nitrogens is 3. The van der Waals surface area contributed by atoms with Crippen LogP contribution in [0.3, 0.4) is 0 Å². The van der Waals surface area contributed by atoms with Crippen molar-refractivity contribution in [3.05, 3.63) is 23.0 Å². The van der Waals surface area contributed by atoms with Crippen LogP contribution in [0.1, 0.15) is 38.1 Å². The van der Waals surface area contributed by atoms with E-state index >= 15 is 0 Å². The molecule has 31 heavy (non-hydrogen) atoms. The van der Waals surface area contributed by atoms with Gasteiger partial charge in [-0.25, -0.2) is 14.6 Å². The molecule has 11 heteroatoms. The van der Waals surface area contributed by atoms with Crippen LogP contribution < -0.4 is 4.90 Å². The van der Waals surface area contributed by atoms with Gasteiger partial charge in [0.15, 0.2) is 5.65 Å². The van der Waals surface area contributed by atoms with Crippen molar-refractivity contribution in [3.8, 4) is 0 Å². The van der Waals surface area contributed by atoms with Crippen molar-refractivity contribution in [2.45, 2.75) is 33.3 Å². The molecule has 0 N–H and O–H groups in total. The van der Waals surface area contributed by atoms with Gasteiger partial charge in [-0.2, -0.15) is 9.61 Å². The minimum absolute atomic E-state index is 0.119. The number of esters is 1. The van der Waals surface area contributed by atoms with Crippen molar-refractivity contribution < 1.29 is 23.8 Å². The smallest absolute Gasteiger partial charge is 0.416 e. The molecule has 1 saturated heterocycles. The predicted octanol–water partition coefficient (Wildman–Crippen LogP) is 2.63.